The van der Waals surface area contributed by atoms with Crippen molar-refractivity contribution in [1.82, 2.24) is 5.32 Å². The molecule has 40 heavy (non-hydrogen) atoms. The van der Waals surface area contributed by atoms with E-state index >= 15 is 0 Å². The molecule has 3 aromatic carbocycles. The number of benzene rings is 3. The van der Waals surface area contributed by atoms with E-state index in [9.17, 15) is 22.8 Å². The molecule has 1 saturated heterocycles. The van der Waals surface area contributed by atoms with Crippen LogP contribution in [-0.2, 0) is 20.7 Å². The molecule has 6 N–H and O–H groups in total. The van der Waals surface area contributed by atoms with Crippen LogP contribution in [0.2, 0.25) is 0 Å². The van der Waals surface area contributed by atoms with Gasteiger partial charge in [0.25, 0.3) is 0 Å². The van der Waals surface area contributed by atoms with Crippen LogP contribution in [0.4, 0.5) is 23.7 Å². The summed E-state index contributed by atoms with van der Waals surface area (Å²) in [6.45, 7) is 0.843. The molecule has 8 nitrogen and oxygen atoms in total. The predicted molar refractivity (Wildman–Crippen MR) is 143 cm³/mol. The molecule has 0 saturated carbocycles. The van der Waals surface area contributed by atoms with Gasteiger partial charge in [-0.2, -0.15) is 0 Å². The predicted octanol–water partition coefficient (Wildman–Crippen LogP) is 3.59. The van der Waals surface area contributed by atoms with Crippen LogP contribution in [0, 0.1) is 17.5 Å². The molecule has 212 valence electrons. The fourth-order valence-corrected chi connectivity index (χ4v) is 4.69. The van der Waals surface area contributed by atoms with Gasteiger partial charge in [0.15, 0.2) is 0 Å². The van der Waals surface area contributed by atoms with Gasteiger partial charge >= 0.3 is 6.09 Å². The maximum absolute atomic E-state index is 14.9. The summed E-state index contributed by atoms with van der Waals surface area (Å²) in [5.74, 6) is -2.69. The van der Waals surface area contributed by atoms with E-state index in [1.807, 2.05) is 0 Å². The van der Waals surface area contributed by atoms with Gasteiger partial charge in [-0.05, 0) is 60.4 Å². The molecular formula is C29H31F3N4O4. The van der Waals surface area contributed by atoms with Crippen LogP contribution >= 0.6 is 0 Å². The molecule has 0 bridgehead atoms. The molecule has 2 amide bonds. The highest BCUT2D eigenvalue weighted by Crippen LogP contribution is 2.29. The first-order valence-corrected chi connectivity index (χ1v) is 12.8. The normalized spacial score (nSPS) is 17.8. The Bertz CT molecular complexity index is 1250. The molecule has 0 radical (unpaired) electrons. The minimum Gasteiger partial charge on any atom is -0.448 e. The van der Waals surface area contributed by atoms with Crippen LogP contribution in [0.15, 0.2) is 66.7 Å². The van der Waals surface area contributed by atoms with Gasteiger partial charge in [0.05, 0.1) is 24.8 Å². The summed E-state index contributed by atoms with van der Waals surface area (Å²) in [4.78, 5) is 24.1. The number of amides is 2. The Balaban J connectivity index is 1.45. The van der Waals surface area contributed by atoms with Crippen LogP contribution in [0.5, 0.6) is 0 Å². The molecule has 1 aliphatic rings. The number of carbonyl (C=O) groups excluding carboxylic acids is 2. The van der Waals surface area contributed by atoms with Crippen LogP contribution in [-0.4, -0.2) is 49.9 Å². The third kappa shape index (κ3) is 7.59. The quantitative estimate of drug-likeness (QED) is 0.302. The number of anilines is 1. The van der Waals surface area contributed by atoms with Crippen molar-refractivity contribution < 1.29 is 32.2 Å². The second-order valence-corrected chi connectivity index (χ2v) is 9.59. The molecule has 11 heteroatoms. The summed E-state index contributed by atoms with van der Waals surface area (Å²) >= 11 is 0. The minimum atomic E-state index is -1.16. The first-order valence-electron chi connectivity index (χ1n) is 12.8. The zero-order valence-corrected chi connectivity index (χ0v) is 21.6. The smallest absolute Gasteiger partial charge is 0.404 e. The van der Waals surface area contributed by atoms with Gasteiger partial charge in [-0.15, -0.1) is 0 Å². The highest BCUT2D eigenvalue weighted by Gasteiger charge is 2.29. The van der Waals surface area contributed by atoms with E-state index in [0.717, 1.165) is 0 Å². The van der Waals surface area contributed by atoms with E-state index in [0.29, 0.717) is 36.3 Å². The summed E-state index contributed by atoms with van der Waals surface area (Å²) in [7, 11) is 0. The van der Waals surface area contributed by atoms with Crippen LogP contribution in [0.1, 0.15) is 29.0 Å². The monoisotopic (exact) mass is 556 g/mol. The number of primary amides is 1. The lowest BCUT2D eigenvalue weighted by Crippen LogP contribution is -2.49. The van der Waals surface area contributed by atoms with Crippen molar-refractivity contribution in [1.29, 1.82) is 0 Å². The Hall–Kier alpha value is -3.93. The summed E-state index contributed by atoms with van der Waals surface area (Å²) in [6, 6.07) is 14.2. The van der Waals surface area contributed by atoms with Crippen molar-refractivity contribution in [3.8, 4) is 0 Å². The van der Waals surface area contributed by atoms with Crippen molar-refractivity contribution in [2.75, 3.05) is 25.1 Å². The van der Waals surface area contributed by atoms with Crippen molar-refractivity contribution in [2.24, 2.45) is 11.5 Å². The van der Waals surface area contributed by atoms with Gasteiger partial charge in [-0.25, -0.2) is 18.0 Å². The van der Waals surface area contributed by atoms with Gasteiger partial charge < -0.3 is 31.6 Å². The zero-order chi connectivity index (χ0) is 28.6. The van der Waals surface area contributed by atoms with Crippen molar-refractivity contribution in [2.45, 2.75) is 36.9 Å². The lowest BCUT2D eigenvalue weighted by Gasteiger charge is -2.30. The Morgan fingerprint density at radius 3 is 2.17 bits per heavy atom. The number of ether oxygens (including phenoxy) is 2. The number of rotatable bonds is 10. The fourth-order valence-electron chi connectivity index (χ4n) is 4.69. The first kappa shape index (κ1) is 29.1. The Morgan fingerprint density at radius 2 is 1.62 bits per heavy atom. The van der Waals surface area contributed by atoms with E-state index in [-0.39, 0.29) is 30.9 Å². The number of hydrogen-bond acceptors (Lipinski definition) is 6. The summed E-state index contributed by atoms with van der Waals surface area (Å²) in [5, 5.41) is 5.95. The maximum Gasteiger partial charge on any atom is 0.404 e. The second kappa shape index (κ2) is 13.4. The largest absolute Gasteiger partial charge is 0.448 e. The highest BCUT2D eigenvalue weighted by atomic mass is 19.1. The maximum atomic E-state index is 14.9. The second-order valence-electron chi connectivity index (χ2n) is 9.59. The average molecular weight is 557 g/mol. The molecule has 1 heterocycles. The van der Waals surface area contributed by atoms with E-state index in [1.165, 1.54) is 60.7 Å². The summed E-state index contributed by atoms with van der Waals surface area (Å²) < 4.78 is 52.7. The van der Waals surface area contributed by atoms with Gasteiger partial charge in [-0.1, -0.05) is 30.3 Å². The topological polar surface area (TPSA) is 129 Å². The zero-order valence-electron chi connectivity index (χ0n) is 21.6. The number of halogens is 3. The van der Waals surface area contributed by atoms with Gasteiger partial charge in [0.1, 0.15) is 24.1 Å². The highest BCUT2D eigenvalue weighted by molar-refractivity contribution is 5.96. The third-order valence-electron chi connectivity index (χ3n) is 6.81. The summed E-state index contributed by atoms with van der Waals surface area (Å²) in [6.07, 6.45) is -0.359. The van der Waals surface area contributed by atoms with Crippen LogP contribution < -0.4 is 22.1 Å². The minimum absolute atomic E-state index is 0.0860. The molecule has 0 aliphatic carbocycles. The molecule has 0 spiro atoms. The van der Waals surface area contributed by atoms with Crippen LogP contribution in [0.3, 0.4) is 0 Å². The molecule has 1 fully saturated rings. The van der Waals surface area contributed by atoms with E-state index in [1.54, 1.807) is 6.07 Å². The molecule has 1 aliphatic heterocycles. The fraction of sp³-hybridized carbons (Fsp3) is 0.310. The Kier molecular flexibility index (Phi) is 9.75. The van der Waals surface area contributed by atoms with Crippen molar-refractivity contribution >= 4 is 17.7 Å². The lowest BCUT2D eigenvalue weighted by atomic mass is 9.85. The number of morpholine rings is 1. The molecule has 0 aromatic heterocycles. The first-order chi connectivity index (χ1) is 19.2. The van der Waals surface area contributed by atoms with E-state index in [4.69, 9.17) is 20.9 Å². The average Bonchev–Trinajstić information content (AvgIpc) is 2.94. The molecule has 4 rings (SSSR count). The molecular weight excluding hydrogens is 525 g/mol. The number of nitrogens with one attached hydrogen (secondary N) is 2. The van der Waals surface area contributed by atoms with Gasteiger partial charge in [-0.3, -0.25) is 4.79 Å². The van der Waals surface area contributed by atoms with Crippen LogP contribution in [0.25, 0.3) is 0 Å². The standard InChI is InChI=1S/C29H31F3N4O4/c30-19-8-4-17(5-9-19)26(18-6-10-20(31)11-7-18)27(33)28(37)36-25-3-1-2-24(32)23(25)13-12-22-14-35-21(15-39-22)16-40-29(34)38/h1-11,21-22,26-27,35H,12-16,33H2,(H2,34,38)(H,36,37)/t21-,22+,27?/m0/s1. The Morgan fingerprint density at radius 1 is 1.00 bits per heavy atom. The van der Waals surface area contributed by atoms with Crippen molar-refractivity contribution in [3.05, 3.63) is 101 Å². The molecule has 3 atom stereocenters. The summed E-state index contributed by atoms with van der Waals surface area (Å²) in [5.41, 5.74) is 13.1. The van der Waals surface area contributed by atoms with E-state index < -0.39 is 41.4 Å². The SMILES string of the molecule is NC(=O)OC[C@@H]1CO[C@H](CCc2c(F)cccc2NC(=O)C(N)C(c2ccc(F)cc2)c2ccc(F)cc2)CN1. The van der Waals surface area contributed by atoms with Gasteiger partial charge in [0.2, 0.25) is 5.91 Å². The lowest BCUT2D eigenvalue weighted by molar-refractivity contribution is -0.117. The number of hydrogen-bond donors (Lipinski definition) is 4. The Labute approximate surface area is 229 Å². The van der Waals surface area contributed by atoms with Gasteiger partial charge in [0, 0.05) is 23.7 Å². The van der Waals surface area contributed by atoms with E-state index in [2.05, 4.69) is 10.6 Å². The molecule has 3 aromatic rings. The van der Waals surface area contributed by atoms with Crippen molar-refractivity contribution in [3.63, 3.8) is 0 Å². The molecule has 1 unspecified atom stereocenters. The number of nitrogens with two attached hydrogens (primary N) is 2. The number of carbonyl (C=O) groups is 2. The third-order valence-corrected chi connectivity index (χ3v) is 6.81.